The van der Waals surface area contributed by atoms with Crippen molar-refractivity contribution in [2.75, 3.05) is 0 Å². The van der Waals surface area contributed by atoms with Crippen molar-refractivity contribution in [3.8, 4) is 0 Å². The van der Waals surface area contributed by atoms with E-state index in [1.165, 1.54) is 0 Å². The summed E-state index contributed by atoms with van der Waals surface area (Å²) < 4.78 is 35.9. The SMILES string of the molecule is O=C(O)c1cnc(C(F)(F)F)nc1Cl. The van der Waals surface area contributed by atoms with Crippen molar-refractivity contribution >= 4 is 17.6 Å². The highest BCUT2D eigenvalue weighted by atomic mass is 35.5. The van der Waals surface area contributed by atoms with E-state index >= 15 is 0 Å². The van der Waals surface area contributed by atoms with Crippen LogP contribution in [0.5, 0.6) is 0 Å². The molecule has 1 aromatic heterocycles. The number of halogens is 4. The van der Waals surface area contributed by atoms with Crippen LogP contribution < -0.4 is 0 Å². The fraction of sp³-hybridized carbons (Fsp3) is 0.167. The molecule has 0 amide bonds. The Hall–Kier alpha value is -1.37. The van der Waals surface area contributed by atoms with Crippen LogP contribution in [0.1, 0.15) is 16.2 Å². The minimum Gasteiger partial charge on any atom is -0.478 e. The predicted octanol–water partition coefficient (Wildman–Crippen LogP) is 1.85. The van der Waals surface area contributed by atoms with Gasteiger partial charge in [-0.15, -0.1) is 0 Å². The third kappa shape index (κ3) is 2.11. The Kier molecular flexibility index (Phi) is 2.61. The third-order valence-corrected chi connectivity index (χ3v) is 1.51. The van der Waals surface area contributed by atoms with Crippen LogP contribution in [0.3, 0.4) is 0 Å². The first kappa shape index (κ1) is 10.7. The Labute approximate surface area is 80.4 Å². The summed E-state index contributed by atoms with van der Waals surface area (Å²) in [6, 6.07) is 0. The van der Waals surface area contributed by atoms with Crippen molar-refractivity contribution in [3.05, 3.63) is 22.7 Å². The maximum Gasteiger partial charge on any atom is 0.451 e. The number of carboxylic acids is 1. The second-order valence-corrected chi connectivity index (χ2v) is 2.56. The van der Waals surface area contributed by atoms with E-state index in [4.69, 9.17) is 16.7 Å². The van der Waals surface area contributed by atoms with Gasteiger partial charge in [0.25, 0.3) is 0 Å². The number of carbonyl (C=O) groups is 1. The molecule has 1 N–H and O–H groups in total. The van der Waals surface area contributed by atoms with E-state index in [0.29, 0.717) is 6.20 Å². The highest BCUT2D eigenvalue weighted by Crippen LogP contribution is 2.27. The molecule has 0 fully saturated rings. The molecule has 0 aliphatic heterocycles. The fourth-order valence-electron chi connectivity index (χ4n) is 0.641. The molecule has 0 saturated heterocycles. The number of rotatable bonds is 1. The van der Waals surface area contributed by atoms with Gasteiger partial charge >= 0.3 is 12.1 Å². The lowest BCUT2D eigenvalue weighted by molar-refractivity contribution is -0.145. The Morgan fingerprint density at radius 2 is 2.07 bits per heavy atom. The highest BCUT2D eigenvalue weighted by molar-refractivity contribution is 6.32. The van der Waals surface area contributed by atoms with Crippen LogP contribution in [-0.4, -0.2) is 21.0 Å². The summed E-state index contributed by atoms with van der Waals surface area (Å²) >= 11 is 5.20. The van der Waals surface area contributed by atoms with Crippen molar-refractivity contribution in [3.63, 3.8) is 0 Å². The van der Waals surface area contributed by atoms with Crippen LogP contribution in [0.15, 0.2) is 6.20 Å². The maximum atomic E-state index is 12.0. The Morgan fingerprint density at radius 3 is 2.43 bits per heavy atom. The van der Waals surface area contributed by atoms with Crippen LogP contribution in [0.4, 0.5) is 13.2 Å². The molecule has 4 nitrogen and oxygen atoms in total. The first-order chi connectivity index (χ1) is 6.32. The van der Waals surface area contributed by atoms with E-state index in [2.05, 4.69) is 9.97 Å². The summed E-state index contributed by atoms with van der Waals surface area (Å²) in [5, 5.41) is 7.68. The second-order valence-electron chi connectivity index (χ2n) is 2.20. The van der Waals surface area contributed by atoms with E-state index in [9.17, 15) is 18.0 Å². The van der Waals surface area contributed by atoms with Crippen LogP contribution in [0, 0.1) is 0 Å². The molecule has 0 saturated carbocycles. The molecule has 0 aliphatic rings. The largest absolute Gasteiger partial charge is 0.478 e. The van der Waals surface area contributed by atoms with Gasteiger partial charge in [-0.1, -0.05) is 11.6 Å². The molecule has 0 aliphatic carbocycles. The standard InChI is InChI=1S/C6H2ClF3N2O2/c7-3-2(4(13)14)1-11-5(12-3)6(8,9)10/h1H,(H,13,14). The molecular weight excluding hydrogens is 225 g/mol. The molecule has 8 heteroatoms. The summed E-state index contributed by atoms with van der Waals surface area (Å²) in [6.45, 7) is 0. The van der Waals surface area contributed by atoms with E-state index in [0.717, 1.165) is 0 Å². The number of alkyl halides is 3. The predicted molar refractivity (Wildman–Crippen MR) is 39.0 cm³/mol. The van der Waals surface area contributed by atoms with Crippen LogP contribution in [0.25, 0.3) is 0 Å². The van der Waals surface area contributed by atoms with Gasteiger partial charge in [0.05, 0.1) is 0 Å². The lowest BCUT2D eigenvalue weighted by Gasteiger charge is -2.04. The number of hydrogen-bond acceptors (Lipinski definition) is 3. The smallest absolute Gasteiger partial charge is 0.451 e. The summed E-state index contributed by atoms with van der Waals surface area (Å²) in [6.07, 6.45) is -4.22. The van der Waals surface area contributed by atoms with Gasteiger partial charge < -0.3 is 5.11 Å². The summed E-state index contributed by atoms with van der Waals surface area (Å²) in [5.74, 6) is -2.95. The molecule has 1 aromatic rings. The Bertz CT molecular complexity index is 380. The lowest BCUT2D eigenvalue weighted by atomic mass is 10.3. The average Bonchev–Trinajstić information content (AvgIpc) is 2.01. The van der Waals surface area contributed by atoms with Gasteiger partial charge in [-0.25, -0.2) is 14.8 Å². The van der Waals surface area contributed by atoms with Crippen molar-refractivity contribution in [1.29, 1.82) is 0 Å². The van der Waals surface area contributed by atoms with Gasteiger partial charge in [0, 0.05) is 6.20 Å². The summed E-state index contributed by atoms with van der Waals surface area (Å²) in [5.41, 5.74) is -0.570. The number of hydrogen-bond donors (Lipinski definition) is 1. The van der Waals surface area contributed by atoms with Gasteiger partial charge in [0.15, 0.2) is 0 Å². The van der Waals surface area contributed by atoms with Gasteiger partial charge in [-0.05, 0) is 0 Å². The highest BCUT2D eigenvalue weighted by Gasteiger charge is 2.35. The monoisotopic (exact) mass is 226 g/mol. The Balaban J connectivity index is 3.20. The van der Waals surface area contributed by atoms with Crippen molar-refractivity contribution < 1.29 is 23.1 Å². The van der Waals surface area contributed by atoms with Crippen molar-refractivity contribution in [1.82, 2.24) is 9.97 Å². The zero-order valence-electron chi connectivity index (χ0n) is 6.34. The zero-order chi connectivity index (χ0) is 10.9. The molecule has 1 rings (SSSR count). The minimum atomic E-state index is -4.74. The van der Waals surface area contributed by atoms with Gasteiger partial charge in [-0.3, -0.25) is 0 Å². The molecular formula is C6H2ClF3N2O2. The second kappa shape index (κ2) is 3.41. The molecule has 0 aromatic carbocycles. The summed E-state index contributed by atoms with van der Waals surface area (Å²) in [7, 11) is 0. The topological polar surface area (TPSA) is 63.1 Å². The molecule has 0 radical (unpaired) electrons. The van der Waals surface area contributed by atoms with E-state index < -0.39 is 28.7 Å². The van der Waals surface area contributed by atoms with Gasteiger partial charge in [0.2, 0.25) is 5.82 Å². The zero-order valence-corrected chi connectivity index (χ0v) is 7.10. The molecule has 1 heterocycles. The summed E-state index contributed by atoms with van der Waals surface area (Å²) in [4.78, 5) is 16.0. The molecule has 14 heavy (non-hydrogen) atoms. The normalized spacial score (nSPS) is 11.4. The number of nitrogens with zero attached hydrogens (tertiary/aromatic N) is 2. The van der Waals surface area contributed by atoms with E-state index in [1.807, 2.05) is 0 Å². The number of carboxylic acid groups (broad SMARTS) is 1. The first-order valence-electron chi connectivity index (χ1n) is 3.15. The third-order valence-electron chi connectivity index (χ3n) is 1.23. The van der Waals surface area contributed by atoms with E-state index in [1.54, 1.807) is 0 Å². The average molecular weight is 227 g/mol. The van der Waals surface area contributed by atoms with Gasteiger partial charge in [-0.2, -0.15) is 13.2 Å². The fourth-order valence-corrected chi connectivity index (χ4v) is 0.851. The Morgan fingerprint density at radius 1 is 1.50 bits per heavy atom. The lowest BCUT2D eigenvalue weighted by Crippen LogP contribution is -2.13. The molecule has 0 spiro atoms. The van der Waals surface area contributed by atoms with Crippen LogP contribution >= 0.6 is 11.6 Å². The minimum absolute atomic E-state index is 0.514. The van der Waals surface area contributed by atoms with Gasteiger partial charge in [0.1, 0.15) is 10.7 Å². The van der Waals surface area contributed by atoms with Crippen molar-refractivity contribution in [2.24, 2.45) is 0 Å². The molecule has 0 atom stereocenters. The molecule has 0 bridgehead atoms. The quantitative estimate of drug-likeness (QED) is 0.742. The van der Waals surface area contributed by atoms with E-state index in [-0.39, 0.29) is 0 Å². The van der Waals surface area contributed by atoms with Crippen molar-refractivity contribution in [2.45, 2.75) is 6.18 Å². The first-order valence-corrected chi connectivity index (χ1v) is 3.53. The number of aromatic carboxylic acids is 1. The maximum absolute atomic E-state index is 12.0. The van der Waals surface area contributed by atoms with Crippen LogP contribution in [0.2, 0.25) is 5.15 Å². The molecule has 0 unspecified atom stereocenters. The molecule has 76 valence electrons. The number of aromatic nitrogens is 2. The van der Waals surface area contributed by atoms with Crippen LogP contribution in [-0.2, 0) is 6.18 Å².